The first-order valence-corrected chi connectivity index (χ1v) is 10.2. The molecule has 11 nitrogen and oxygen atoms in total. The number of primary amides is 2. The molecule has 1 aromatic rings. The average Bonchev–Trinajstić information content (AvgIpc) is 2.73. The Kier molecular flexibility index (Phi) is 11.8. The van der Waals surface area contributed by atoms with Gasteiger partial charge in [0.15, 0.2) is 0 Å². The number of aliphatic imine (C=N–C) groups is 1. The molecule has 1 rings (SSSR count). The van der Waals surface area contributed by atoms with Crippen LogP contribution in [0, 0.1) is 0 Å². The molecule has 31 heavy (non-hydrogen) atoms. The van der Waals surface area contributed by atoms with E-state index in [0.717, 1.165) is 12.0 Å². The molecular formula is C19H30N8O3S. The number of benzene rings is 1. The fraction of sp³-hybridized carbons (Fsp3) is 0.474. The van der Waals surface area contributed by atoms with Crippen molar-refractivity contribution in [1.82, 2.24) is 20.1 Å². The summed E-state index contributed by atoms with van der Waals surface area (Å²) in [5.74, 6) is 6.00. The molecule has 0 saturated heterocycles. The predicted octanol–water partition coefficient (Wildman–Crippen LogP) is 0.0350. The van der Waals surface area contributed by atoms with Crippen molar-refractivity contribution >= 4 is 41.5 Å². The zero-order valence-electron chi connectivity index (χ0n) is 17.6. The van der Waals surface area contributed by atoms with Gasteiger partial charge in [-0.25, -0.2) is 14.6 Å². The summed E-state index contributed by atoms with van der Waals surface area (Å²) in [6.07, 6.45) is 1.18. The minimum Gasteiger partial charge on any atom is -0.352 e. The summed E-state index contributed by atoms with van der Waals surface area (Å²) in [4.78, 5) is 41.2. The summed E-state index contributed by atoms with van der Waals surface area (Å²) in [6, 6.07) is 5.45. The van der Waals surface area contributed by atoms with Crippen molar-refractivity contribution in [2.75, 3.05) is 39.3 Å². The molecule has 7 N–H and O–H groups in total. The van der Waals surface area contributed by atoms with Gasteiger partial charge in [-0.2, -0.15) is 4.99 Å². The lowest BCUT2D eigenvalue weighted by Gasteiger charge is -2.32. The maximum Gasteiger partial charge on any atom is 0.315 e. The maximum atomic E-state index is 12.1. The number of hydrogen-bond acceptors (Lipinski definition) is 7. The maximum absolute atomic E-state index is 12.1. The first kappa shape index (κ1) is 26.0. The van der Waals surface area contributed by atoms with Crippen molar-refractivity contribution in [2.45, 2.75) is 19.4 Å². The van der Waals surface area contributed by atoms with Crippen LogP contribution in [-0.4, -0.2) is 83.8 Å². The number of isothiocyanates is 1. The van der Waals surface area contributed by atoms with Crippen molar-refractivity contribution in [2.24, 2.45) is 22.3 Å². The SMILES string of the molecule is CCN(C=O)CCN(N)CCN(C(N)=O)C(CNC(N)=O)Cc1ccc(N=C=S)cc1. The zero-order valence-corrected chi connectivity index (χ0v) is 18.4. The van der Waals surface area contributed by atoms with E-state index in [1.54, 1.807) is 17.0 Å². The first-order valence-electron chi connectivity index (χ1n) is 9.75. The van der Waals surface area contributed by atoms with Crippen LogP contribution in [0.1, 0.15) is 12.5 Å². The number of nitrogens with two attached hydrogens (primary N) is 3. The van der Waals surface area contributed by atoms with Crippen molar-refractivity contribution in [3.63, 3.8) is 0 Å². The van der Waals surface area contributed by atoms with Gasteiger partial charge < -0.3 is 26.6 Å². The van der Waals surface area contributed by atoms with E-state index in [1.807, 2.05) is 19.1 Å². The largest absolute Gasteiger partial charge is 0.352 e. The van der Waals surface area contributed by atoms with Crippen LogP contribution < -0.4 is 22.6 Å². The van der Waals surface area contributed by atoms with Crippen LogP contribution in [0.3, 0.4) is 0 Å². The molecule has 0 aliphatic rings. The molecule has 0 aliphatic carbocycles. The number of likely N-dealkylation sites (N-methyl/N-ethyl adjacent to an activating group) is 1. The molecule has 0 saturated carbocycles. The lowest BCUT2D eigenvalue weighted by Crippen LogP contribution is -2.53. The molecule has 0 aliphatic heterocycles. The smallest absolute Gasteiger partial charge is 0.315 e. The molecule has 0 bridgehead atoms. The highest BCUT2D eigenvalue weighted by Crippen LogP contribution is 2.15. The number of thiocarbonyl (C=S) groups is 1. The summed E-state index contributed by atoms with van der Waals surface area (Å²) < 4.78 is 0. The van der Waals surface area contributed by atoms with Crippen LogP contribution in [0.15, 0.2) is 29.3 Å². The van der Waals surface area contributed by atoms with Gasteiger partial charge in [0.25, 0.3) is 0 Å². The summed E-state index contributed by atoms with van der Waals surface area (Å²) in [6.45, 7) is 4.04. The van der Waals surface area contributed by atoms with Crippen molar-refractivity contribution < 1.29 is 14.4 Å². The highest BCUT2D eigenvalue weighted by Gasteiger charge is 2.23. The molecule has 0 fully saturated rings. The van der Waals surface area contributed by atoms with Gasteiger partial charge in [-0.1, -0.05) is 12.1 Å². The van der Waals surface area contributed by atoms with Crippen LogP contribution in [0.25, 0.3) is 0 Å². The number of hydrazine groups is 1. The molecule has 1 atom stereocenters. The monoisotopic (exact) mass is 450 g/mol. The third kappa shape index (κ3) is 10.0. The van der Waals surface area contributed by atoms with Crippen LogP contribution >= 0.6 is 12.2 Å². The molecule has 1 aromatic carbocycles. The van der Waals surface area contributed by atoms with E-state index in [4.69, 9.17) is 17.3 Å². The molecule has 0 radical (unpaired) electrons. The minimum absolute atomic E-state index is 0.122. The molecule has 0 aromatic heterocycles. The number of carbonyl (C=O) groups excluding carboxylic acids is 3. The fourth-order valence-electron chi connectivity index (χ4n) is 2.91. The van der Waals surface area contributed by atoms with Gasteiger partial charge in [0.1, 0.15) is 0 Å². The minimum atomic E-state index is -0.700. The second kappa shape index (κ2) is 14.0. The third-order valence-electron chi connectivity index (χ3n) is 4.68. The Bertz CT molecular complexity index is 770. The van der Waals surface area contributed by atoms with Crippen LogP contribution in [0.2, 0.25) is 0 Å². The molecule has 0 spiro atoms. The van der Waals surface area contributed by atoms with E-state index in [1.165, 1.54) is 9.91 Å². The highest BCUT2D eigenvalue weighted by atomic mass is 32.1. The number of rotatable bonds is 14. The fourth-order valence-corrected chi connectivity index (χ4v) is 3.01. The van der Waals surface area contributed by atoms with E-state index in [2.05, 4.69) is 27.7 Å². The number of nitrogens with zero attached hydrogens (tertiary/aromatic N) is 4. The first-order chi connectivity index (χ1) is 14.8. The van der Waals surface area contributed by atoms with Gasteiger partial charge in [0.2, 0.25) is 6.41 Å². The van der Waals surface area contributed by atoms with E-state index >= 15 is 0 Å². The molecule has 5 amide bonds. The molecule has 170 valence electrons. The summed E-state index contributed by atoms with van der Waals surface area (Å²) in [5.41, 5.74) is 12.4. The van der Waals surface area contributed by atoms with Crippen molar-refractivity contribution in [3.8, 4) is 0 Å². The molecule has 0 heterocycles. The van der Waals surface area contributed by atoms with Gasteiger partial charge in [-0.15, -0.1) is 0 Å². The Morgan fingerprint density at radius 3 is 2.35 bits per heavy atom. The Balaban J connectivity index is 2.84. The number of carbonyl (C=O) groups is 3. The Hall–Kier alpha value is -3.05. The van der Waals surface area contributed by atoms with Gasteiger partial charge in [0.05, 0.1) is 16.9 Å². The Morgan fingerprint density at radius 1 is 1.19 bits per heavy atom. The molecule has 1 unspecified atom stereocenters. The van der Waals surface area contributed by atoms with E-state index in [9.17, 15) is 14.4 Å². The van der Waals surface area contributed by atoms with E-state index < -0.39 is 18.1 Å². The van der Waals surface area contributed by atoms with Gasteiger partial charge in [0, 0.05) is 39.3 Å². The topological polar surface area (TPSA) is 163 Å². The highest BCUT2D eigenvalue weighted by molar-refractivity contribution is 7.78. The van der Waals surface area contributed by atoms with Crippen molar-refractivity contribution in [3.05, 3.63) is 29.8 Å². The van der Waals surface area contributed by atoms with Gasteiger partial charge in [-0.05, 0) is 43.3 Å². The molecular weight excluding hydrogens is 420 g/mol. The Labute approximate surface area is 187 Å². The number of urea groups is 2. The lowest BCUT2D eigenvalue weighted by molar-refractivity contribution is -0.118. The zero-order chi connectivity index (χ0) is 23.2. The standard InChI is InChI=1S/C19H30N8O3S/c1-2-25(14-28)7-8-26(22)9-10-27(19(21)30)17(12-23-18(20)29)11-15-3-5-16(6-4-15)24-13-31/h3-6,14,17H,2,7-12,22H2,1H3,(H2,21,30)(H3,20,23,29). The summed E-state index contributed by atoms with van der Waals surface area (Å²) >= 11 is 4.59. The van der Waals surface area contributed by atoms with E-state index in [0.29, 0.717) is 38.3 Å². The Morgan fingerprint density at radius 2 is 1.84 bits per heavy atom. The second-order valence-corrected chi connectivity index (χ2v) is 6.96. The number of hydrogen-bond donors (Lipinski definition) is 4. The number of nitrogens with one attached hydrogen (secondary N) is 1. The van der Waals surface area contributed by atoms with Gasteiger partial charge >= 0.3 is 12.1 Å². The summed E-state index contributed by atoms with van der Waals surface area (Å²) in [5, 5.41) is 6.35. The normalized spacial score (nSPS) is 11.3. The number of amides is 5. The average molecular weight is 451 g/mol. The van der Waals surface area contributed by atoms with E-state index in [-0.39, 0.29) is 13.1 Å². The quantitative estimate of drug-likeness (QED) is 0.103. The van der Waals surface area contributed by atoms with Gasteiger partial charge in [-0.3, -0.25) is 10.6 Å². The predicted molar refractivity (Wildman–Crippen MR) is 122 cm³/mol. The van der Waals surface area contributed by atoms with Crippen LogP contribution in [0.5, 0.6) is 0 Å². The third-order valence-corrected chi connectivity index (χ3v) is 4.77. The molecule has 12 heteroatoms. The lowest BCUT2D eigenvalue weighted by atomic mass is 10.0. The van der Waals surface area contributed by atoms with Crippen LogP contribution in [0.4, 0.5) is 15.3 Å². The van der Waals surface area contributed by atoms with Crippen molar-refractivity contribution in [1.29, 1.82) is 0 Å². The summed E-state index contributed by atoms with van der Waals surface area (Å²) in [7, 11) is 0. The second-order valence-electron chi connectivity index (χ2n) is 6.77. The van der Waals surface area contributed by atoms with Crippen LogP contribution in [-0.2, 0) is 11.2 Å².